The van der Waals surface area contributed by atoms with Crippen LogP contribution in [0.15, 0.2) is 35.5 Å². The first-order valence-corrected chi connectivity index (χ1v) is 5.35. The molecule has 0 saturated heterocycles. The van der Waals surface area contributed by atoms with Crippen molar-refractivity contribution in [3.63, 3.8) is 0 Å². The van der Waals surface area contributed by atoms with Crippen LogP contribution in [0.25, 0.3) is 0 Å². The van der Waals surface area contributed by atoms with Crippen molar-refractivity contribution in [3.8, 4) is 0 Å². The SMILES string of the molecule is CCC(c1ccsc1)n1ccnc1. The van der Waals surface area contributed by atoms with Gasteiger partial charge in [0.15, 0.2) is 0 Å². The lowest BCUT2D eigenvalue weighted by molar-refractivity contribution is 0.568. The highest BCUT2D eigenvalue weighted by Crippen LogP contribution is 2.23. The Bertz CT molecular complexity index is 303. The Kier molecular flexibility index (Phi) is 2.45. The summed E-state index contributed by atoms with van der Waals surface area (Å²) in [6.07, 6.45) is 6.83. The molecule has 2 rings (SSSR count). The van der Waals surface area contributed by atoms with Crippen LogP contribution in [0.5, 0.6) is 0 Å². The van der Waals surface area contributed by atoms with Gasteiger partial charge in [0.2, 0.25) is 0 Å². The summed E-state index contributed by atoms with van der Waals surface area (Å²) >= 11 is 1.75. The molecule has 0 saturated carbocycles. The van der Waals surface area contributed by atoms with Gasteiger partial charge in [-0.3, -0.25) is 0 Å². The Morgan fingerprint density at radius 1 is 1.62 bits per heavy atom. The molecule has 0 radical (unpaired) electrons. The lowest BCUT2D eigenvalue weighted by atomic mass is 10.1. The van der Waals surface area contributed by atoms with Crippen molar-refractivity contribution in [2.24, 2.45) is 0 Å². The highest BCUT2D eigenvalue weighted by atomic mass is 32.1. The summed E-state index contributed by atoms with van der Waals surface area (Å²) in [5.74, 6) is 0. The number of hydrogen-bond donors (Lipinski definition) is 0. The Balaban J connectivity index is 2.29. The summed E-state index contributed by atoms with van der Waals surface area (Å²) in [6, 6.07) is 2.63. The third-order valence-electron chi connectivity index (χ3n) is 2.20. The van der Waals surface area contributed by atoms with Crippen LogP contribution in [0.2, 0.25) is 0 Å². The van der Waals surface area contributed by atoms with Gasteiger partial charge in [-0.1, -0.05) is 6.92 Å². The first kappa shape index (κ1) is 8.51. The molecule has 2 nitrogen and oxygen atoms in total. The Morgan fingerprint density at radius 3 is 3.08 bits per heavy atom. The second-order valence-corrected chi connectivity index (χ2v) is 3.77. The molecule has 2 aromatic rings. The Morgan fingerprint density at radius 2 is 2.54 bits per heavy atom. The quantitative estimate of drug-likeness (QED) is 0.731. The summed E-state index contributed by atoms with van der Waals surface area (Å²) in [4.78, 5) is 4.07. The van der Waals surface area contributed by atoms with Gasteiger partial charge < -0.3 is 4.57 Å². The molecule has 0 aliphatic rings. The fraction of sp³-hybridized carbons (Fsp3) is 0.300. The maximum absolute atomic E-state index is 4.07. The molecule has 0 fully saturated rings. The summed E-state index contributed by atoms with van der Waals surface area (Å²) in [6.45, 7) is 2.20. The average Bonchev–Trinajstić information content (AvgIpc) is 2.76. The fourth-order valence-corrected chi connectivity index (χ4v) is 2.24. The van der Waals surface area contributed by atoms with E-state index in [-0.39, 0.29) is 0 Å². The van der Waals surface area contributed by atoms with Crippen LogP contribution >= 0.6 is 11.3 Å². The minimum atomic E-state index is 0.453. The number of rotatable bonds is 3. The lowest BCUT2D eigenvalue weighted by Crippen LogP contribution is -2.05. The third-order valence-corrected chi connectivity index (χ3v) is 2.90. The predicted molar refractivity (Wildman–Crippen MR) is 55.0 cm³/mol. The van der Waals surface area contributed by atoms with Gasteiger partial charge in [-0.25, -0.2) is 4.98 Å². The highest BCUT2D eigenvalue weighted by Gasteiger charge is 2.10. The van der Waals surface area contributed by atoms with Gasteiger partial charge >= 0.3 is 0 Å². The lowest BCUT2D eigenvalue weighted by Gasteiger charge is -2.14. The molecule has 0 aliphatic heterocycles. The Hall–Kier alpha value is -1.09. The van der Waals surface area contributed by atoms with E-state index >= 15 is 0 Å². The summed E-state index contributed by atoms with van der Waals surface area (Å²) in [5.41, 5.74) is 1.38. The third kappa shape index (κ3) is 1.65. The van der Waals surface area contributed by atoms with Crippen molar-refractivity contribution >= 4 is 11.3 Å². The maximum Gasteiger partial charge on any atom is 0.0951 e. The second kappa shape index (κ2) is 3.75. The van der Waals surface area contributed by atoms with Crippen molar-refractivity contribution < 1.29 is 0 Å². The van der Waals surface area contributed by atoms with Gasteiger partial charge in [0.25, 0.3) is 0 Å². The van der Waals surface area contributed by atoms with Crippen LogP contribution in [-0.4, -0.2) is 9.55 Å². The molecule has 0 spiro atoms. The molecule has 3 heteroatoms. The van der Waals surface area contributed by atoms with Crippen LogP contribution in [-0.2, 0) is 0 Å². The van der Waals surface area contributed by atoms with Crippen LogP contribution in [0.4, 0.5) is 0 Å². The zero-order valence-corrected chi connectivity index (χ0v) is 8.37. The minimum Gasteiger partial charge on any atom is -0.330 e. The standard InChI is InChI=1S/C10H12N2S/c1-2-10(9-3-6-13-7-9)12-5-4-11-8-12/h3-8,10H,2H2,1H3. The van der Waals surface area contributed by atoms with E-state index in [0.717, 1.165) is 6.42 Å². The molecule has 0 N–H and O–H groups in total. The largest absolute Gasteiger partial charge is 0.330 e. The molecule has 0 aliphatic carbocycles. The minimum absolute atomic E-state index is 0.453. The van der Waals surface area contributed by atoms with E-state index in [2.05, 4.69) is 33.3 Å². The van der Waals surface area contributed by atoms with Gasteiger partial charge in [-0.15, -0.1) is 0 Å². The molecule has 1 atom stereocenters. The van der Waals surface area contributed by atoms with E-state index in [1.54, 1.807) is 11.3 Å². The zero-order chi connectivity index (χ0) is 9.10. The summed E-state index contributed by atoms with van der Waals surface area (Å²) < 4.78 is 2.15. The maximum atomic E-state index is 4.07. The van der Waals surface area contributed by atoms with Crippen molar-refractivity contribution in [1.29, 1.82) is 0 Å². The van der Waals surface area contributed by atoms with Crippen molar-refractivity contribution in [3.05, 3.63) is 41.1 Å². The van der Waals surface area contributed by atoms with E-state index < -0.39 is 0 Å². The van der Waals surface area contributed by atoms with Gasteiger partial charge in [-0.2, -0.15) is 11.3 Å². The monoisotopic (exact) mass is 192 g/mol. The normalized spacial score (nSPS) is 13.0. The summed E-state index contributed by atoms with van der Waals surface area (Å²) in [5, 5.41) is 4.32. The van der Waals surface area contributed by atoms with Crippen LogP contribution in [0.1, 0.15) is 24.9 Å². The molecule has 68 valence electrons. The molecule has 0 bridgehead atoms. The first-order valence-electron chi connectivity index (χ1n) is 4.41. The molecule has 1 unspecified atom stereocenters. The number of nitrogens with zero attached hydrogens (tertiary/aromatic N) is 2. The molecule has 0 aromatic carbocycles. The zero-order valence-electron chi connectivity index (χ0n) is 7.55. The van der Waals surface area contributed by atoms with E-state index in [4.69, 9.17) is 0 Å². The van der Waals surface area contributed by atoms with E-state index in [1.807, 2.05) is 18.7 Å². The van der Waals surface area contributed by atoms with Crippen LogP contribution in [0, 0.1) is 0 Å². The van der Waals surface area contributed by atoms with E-state index in [1.165, 1.54) is 5.56 Å². The smallest absolute Gasteiger partial charge is 0.0951 e. The number of thiophene rings is 1. The van der Waals surface area contributed by atoms with Crippen molar-refractivity contribution in [1.82, 2.24) is 9.55 Å². The Labute approximate surface area is 81.9 Å². The summed E-state index contributed by atoms with van der Waals surface area (Å²) in [7, 11) is 0. The van der Waals surface area contributed by atoms with E-state index in [0.29, 0.717) is 6.04 Å². The predicted octanol–water partition coefficient (Wildman–Crippen LogP) is 2.94. The fourth-order valence-electron chi connectivity index (χ4n) is 1.54. The molecule has 2 aromatic heterocycles. The van der Waals surface area contributed by atoms with Crippen molar-refractivity contribution in [2.45, 2.75) is 19.4 Å². The molecule has 13 heavy (non-hydrogen) atoms. The number of imidazole rings is 1. The van der Waals surface area contributed by atoms with Crippen LogP contribution in [0.3, 0.4) is 0 Å². The molecule has 0 amide bonds. The van der Waals surface area contributed by atoms with Crippen LogP contribution < -0.4 is 0 Å². The number of aromatic nitrogens is 2. The highest BCUT2D eigenvalue weighted by molar-refractivity contribution is 7.07. The molecular formula is C10H12N2S. The van der Waals surface area contributed by atoms with Gasteiger partial charge in [0.1, 0.15) is 0 Å². The van der Waals surface area contributed by atoms with Gasteiger partial charge in [0.05, 0.1) is 12.4 Å². The number of hydrogen-bond acceptors (Lipinski definition) is 2. The first-order chi connectivity index (χ1) is 6.42. The van der Waals surface area contributed by atoms with E-state index in [9.17, 15) is 0 Å². The molecular weight excluding hydrogens is 180 g/mol. The van der Waals surface area contributed by atoms with Gasteiger partial charge in [0, 0.05) is 12.4 Å². The average molecular weight is 192 g/mol. The second-order valence-electron chi connectivity index (χ2n) is 2.99. The van der Waals surface area contributed by atoms with Crippen molar-refractivity contribution in [2.75, 3.05) is 0 Å². The molecule has 2 heterocycles. The topological polar surface area (TPSA) is 17.8 Å². The van der Waals surface area contributed by atoms with Gasteiger partial charge in [-0.05, 0) is 28.8 Å².